The van der Waals surface area contributed by atoms with Gasteiger partial charge in [0.05, 0.1) is 22.1 Å². The zero-order chi connectivity index (χ0) is 33.5. The third-order valence-electron chi connectivity index (χ3n) is 10.5. The maximum atomic E-state index is 6.58. The molecule has 0 amide bonds. The summed E-state index contributed by atoms with van der Waals surface area (Å²) in [7, 11) is 0. The number of hydrogen-bond acceptors (Lipinski definition) is 1. The van der Waals surface area contributed by atoms with E-state index in [4.69, 9.17) is 4.42 Å². The molecule has 0 radical (unpaired) electrons. The Labute approximate surface area is 293 Å². The Balaban J connectivity index is 1.14. The van der Waals surface area contributed by atoms with Crippen molar-refractivity contribution in [2.45, 2.75) is 0 Å². The Morgan fingerprint density at radius 3 is 1.53 bits per heavy atom. The van der Waals surface area contributed by atoms with Crippen LogP contribution >= 0.6 is 0 Å². The van der Waals surface area contributed by atoms with Crippen LogP contribution in [0.5, 0.6) is 0 Å². The number of para-hydroxylation sites is 2. The molecule has 3 heteroatoms. The van der Waals surface area contributed by atoms with Crippen LogP contribution in [0.3, 0.4) is 0 Å². The number of hydrogen-bond donors (Lipinski definition) is 0. The van der Waals surface area contributed by atoms with Crippen LogP contribution in [0.1, 0.15) is 0 Å². The number of rotatable bonds is 4. The average Bonchev–Trinajstić information content (AvgIpc) is 3.85. The monoisotopic (exact) mass is 650 g/mol. The Hall–Kier alpha value is -6.84. The van der Waals surface area contributed by atoms with Crippen LogP contribution in [0.25, 0.3) is 99.2 Å². The van der Waals surface area contributed by atoms with Crippen molar-refractivity contribution in [3.8, 4) is 33.6 Å². The van der Waals surface area contributed by atoms with Crippen LogP contribution in [-0.2, 0) is 0 Å². The molecule has 11 rings (SSSR count). The van der Waals surface area contributed by atoms with Gasteiger partial charge in [0.2, 0.25) is 0 Å². The molecule has 0 bridgehead atoms. The first kappa shape index (κ1) is 28.0. The van der Waals surface area contributed by atoms with Crippen molar-refractivity contribution in [3.63, 3.8) is 0 Å². The van der Waals surface area contributed by atoms with Crippen molar-refractivity contribution in [1.82, 2.24) is 9.13 Å². The Morgan fingerprint density at radius 1 is 0.314 bits per heavy atom. The smallest absolute Gasteiger partial charge is 0.137 e. The van der Waals surface area contributed by atoms with E-state index in [1.165, 1.54) is 65.9 Å². The Bertz CT molecular complexity index is 3110. The third-order valence-corrected chi connectivity index (χ3v) is 10.5. The normalized spacial score (nSPS) is 11.9. The zero-order valence-electron chi connectivity index (χ0n) is 27.6. The molecule has 0 saturated carbocycles. The molecule has 0 unspecified atom stereocenters. The summed E-state index contributed by atoms with van der Waals surface area (Å²) in [5, 5.41) is 7.18. The number of furan rings is 1. The van der Waals surface area contributed by atoms with E-state index in [2.05, 4.69) is 191 Å². The largest absolute Gasteiger partial charge is 0.456 e. The number of nitrogens with zero attached hydrogens (tertiary/aromatic N) is 2. The predicted octanol–water partition coefficient (Wildman–Crippen LogP) is 13.1. The Morgan fingerprint density at radius 2 is 0.863 bits per heavy atom. The minimum Gasteiger partial charge on any atom is -0.456 e. The minimum absolute atomic E-state index is 0.883. The molecule has 3 heterocycles. The summed E-state index contributed by atoms with van der Waals surface area (Å²) in [6, 6.07) is 65.4. The van der Waals surface area contributed by atoms with Gasteiger partial charge in [0.1, 0.15) is 11.2 Å². The van der Waals surface area contributed by atoms with E-state index >= 15 is 0 Å². The first-order valence-corrected chi connectivity index (χ1v) is 17.4. The summed E-state index contributed by atoms with van der Waals surface area (Å²) in [5.74, 6) is 0. The molecule has 0 aliphatic carbocycles. The second-order valence-corrected chi connectivity index (χ2v) is 13.3. The summed E-state index contributed by atoms with van der Waals surface area (Å²) in [6.45, 7) is 0. The molecule has 3 aromatic heterocycles. The van der Waals surface area contributed by atoms with Crippen molar-refractivity contribution < 1.29 is 4.42 Å². The van der Waals surface area contributed by atoms with Gasteiger partial charge in [-0.15, -0.1) is 0 Å². The van der Waals surface area contributed by atoms with Crippen molar-refractivity contribution in [2.75, 3.05) is 0 Å². The molecule has 0 spiro atoms. The molecule has 0 atom stereocenters. The van der Waals surface area contributed by atoms with Crippen molar-refractivity contribution in [1.29, 1.82) is 0 Å². The first-order chi connectivity index (χ1) is 25.3. The van der Waals surface area contributed by atoms with E-state index in [1.807, 2.05) is 0 Å². The molecule has 0 aliphatic rings. The topological polar surface area (TPSA) is 23.0 Å². The van der Waals surface area contributed by atoms with Crippen LogP contribution in [0.15, 0.2) is 186 Å². The fourth-order valence-electron chi connectivity index (χ4n) is 8.23. The number of aromatic nitrogens is 2. The lowest BCUT2D eigenvalue weighted by Gasteiger charge is -2.10. The highest BCUT2D eigenvalue weighted by atomic mass is 16.3. The van der Waals surface area contributed by atoms with E-state index in [1.54, 1.807) is 0 Å². The molecule has 11 aromatic rings. The number of fused-ring (bicyclic) bond motifs is 9. The maximum absolute atomic E-state index is 6.58. The van der Waals surface area contributed by atoms with Gasteiger partial charge in [-0.25, -0.2) is 0 Å². The van der Waals surface area contributed by atoms with Gasteiger partial charge >= 0.3 is 0 Å². The van der Waals surface area contributed by atoms with Gasteiger partial charge in [-0.1, -0.05) is 121 Å². The lowest BCUT2D eigenvalue weighted by Crippen LogP contribution is -1.95. The highest BCUT2D eigenvalue weighted by Gasteiger charge is 2.20. The van der Waals surface area contributed by atoms with Gasteiger partial charge < -0.3 is 13.6 Å². The Kier molecular flexibility index (Phi) is 5.96. The summed E-state index contributed by atoms with van der Waals surface area (Å²) >= 11 is 0. The standard InChI is InChI=1S/C48H30N2O/c1-3-12-31(13-4-1)32-22-24-34(25-23-32)49-42-19-9-7-16-37(42)40-30-45-41(29-44(40)49)38-17-8-10-20-43(38)50(45)35-26-27-39-47(28-35)51-46-21-11-18-36(48(39)46)33-14-5-2-6-15-33/h1-30H. The van der Waals surface area contributed by atoms with E-state index < -0.39 is 0 Å². The van der Waals surface area contributed by atoms with Gasteiger partial charge in [-0.3, -0.25) is 0 Å². The minimum atomic E-state index is 0.883. The zero-order valence-corrected chi connectivity index (χ0v) is 27.6. The highest BCUT2D eigenvalue weighted by molar-refractivity contribution is 6.19. The van der Waals surface area contributed by atoms with Gasteiger partial charge in [-0.2, -0.15) is 0 Å². The molecule has 238 valence electrons. The molecule has 51 heavy (non-hydrogen) atoms. The van der Waals surface area contributed by atoms with Crippen molar-refractivity contribution in [3.05, 3.63) is 182 Å². The molecule has 8 aromatic carbocycles. The van der Waals surface area contributed by atoms with E-state index in [-0.39, 0.29) is 0 Å². The lowest BCUT2D eigenvalue weighted by molar-refractivity contribution is 0.668. The lowest BCUT2D eigenvalue weighted by atomic mass is 9.99. The fourth-order valence-corrected chi connectivity index (χ4v) is 8.23. The van der Waals surface area contributed by atoms with Gasteiger partial charge in [0, 0.05) is 49.8 Å². The molecular formula is C48H30N2O. The molecule has 0 N–H and O–H groups in total. The molecule has 0 saturated heterocycles. The second kappa shape index (κ2) is 10.8. The van der Waals surface area contributed by atoms with Crippen LogP contribution in [0.2, 0.25) is 0 Å². The summed E-state index contributed by atoms with van der Waals surface area (Å²) in [5.41, 5.74) is 13.5. The molecule has 0 fully saturated rings. The maximum Gasteiger partial charge on any atom is 0.137 e. The highest BCUT2D eigenvalue weighted by Crippen LogP contribution is 2.42. The van der Waals surface area contributed by atoms with E-state index in [0.29, 0.717) is 0 Å². The van der Waals surface area contributed by atoms with Crippen LogP contribution in [-0.4, -0.2) is 9.13 Å². The fraction of sp³-hybridized carbons (Fsp3) is 0. The molecule has 0 aliphatic heterocycles. The predicted molar refractivity (Wildman–Crippen MR) is 213 cm³/mol. The summed E-state index contributed by atoms with van der Waals surface area (Å²) < 4.78 is 11.4. The van der Waals surface area contributed by atoms with Crippen molar-refractivity contribution >= 4 is 65.6 Å². The second-order valence-electron chi connectivity index (χ2n) is 13.3. The van der Waals surface area contributed by atoms with E-state index in [0.717, 1.165) is 33.3 Å². The average molecular weight is 651 g/mol. The van der Waals surface area contributed by atoms with E-state index in [9.17, 15) is 0 Å². The molecular weight excluding hydrogens is 621 g/mol. The van der Waals surface area contributed by atoms with Crippen molar-refractivity contribution in [2.24, 2.45) is 0 Å². The summed E-state index contributed by atoms with van der Waals surface area (Å²) in [6.07, 6.45) is 0. The van der Waals surface area contributed by atoms with Crippen LogP contribution in [0.4, 0.5) is 0 Å². The van der Waals surface area contributed by atoms with Gasteiger partial charge in [0.15, 0.2) is 0 Å². The van der Waals surface area contributed by atoms with Crippen LogP contribution < -0.4 is 0 Å². The summed E-state index contributed by atoms with van der Waals surface area (Å²) in [4.78, 5) is 0. The van der Waals surface area contributed by atoms with Gasteiger partial charge in [0.25, 0.3) is 0 Å². The number of benzene rings is 8. The quantitative estimate of drug-likeness (QED) is 0.186. The first-order valence-electron chi connectivity index (χ1n) is 17.4. The SMILES string of the molecule is c1ccc(-c2ccc(-n3c4ccccc4c4cc5c(cc43)c3ccccc3n5-c3ccc4c(c3)oc3cccc(-c5ccccc5)c34)cc2)cc1. The van der Waals surface area contributed by atoms with Gasteiger partial charge in [-0.05, 0) is 76.9 Å². The third kappa shape index (κ3) is 4.19. The van der Waals surface area contributed by atoms with Crippen LogP contribution in [0, 0.1) is 0 Å². The molecule has 3 nitrogen and oxygen atoms in total.